The summed E-state index contributed by atoms with van der Waals surface area (Å²) in [6.45, 7) is 8.23. The van der Waals surface area contributed by atoms with Crippen molar-refractivity contribution < 1.29 is 14.5 Å². The van der Waals surface area contributed by atoms with Gasteiger partial charge in [0.1, 0.15) is 5.60 Å². The van der Waals surface area contributed by atoms with Crippen LogP contribution < -0.4 is 0 Å². The molecule has 1 amide bonds. The van der Waals surface area contributed by atoms with Gasteiger partial charge >= 0.3 is 6.09 Å². The van der Waals surface area contributed by atoms with E-state index in [2.05, 4.69) is 0 Å². The van der Waals surface area contributed by atoms with Crippen LogP contribution in [0.15, 0.2) is 24.3 Å². The minimum Gasteiger partial charge on any atom is -0.444 e. The van der Waals surface area contributed by atoms with Gasteiger partial charge in [0.15, 0.2) is 0 Å². The maximum Gasteiger partial charge on any atom is 0.410 e. The molecule has 0 fully saturated rings. The molecule has 0 spiro atoms. The number of ether oxygens (including phenoxy) is 1. The molecule has 2 rings (SSSR count). The highest BCUT2D eigenvalue weighted by Gasteiger charge is 2.26. The fourth-order valence-electron chi connectivity index (χ4n) is 2.61. The van der Waals surface area contributed by atoms with Gasteiger partial charge in [0.2, 0.25) is 0 Å². The first-order valence-corrected chi connectivity index (χ1v) is 7.60. The standard InChI is InChI=1S/C17H22N2O4/c1-12-6-5-7-14(19(21)22)15(12)13-8-10-18(11-9-13)16(20)23-17(2,3)4/h5-8H,9-11H2,1-4H3. The van der Waals surface area contributed by atoms with E-state index in [0.717, 1.165) is 11.1 Å². The summed E-state index contributed by atoms with van der Waals surface area (Å²) in [5, 5.41) is 11.2. The Morgan fingerprint density at radius 2 is 2.04 bits per heavy atom. The highest BCUT2D eigenvalue weighted by Crippen LogP contribution is 2.33. The molecule has 0 radical (unpaired) electrons. The van der Waals surface area contributed by atoms with Gasteiger partial charge in [0, 0.05) is 19.2 Å². The maximum atomic E-state index is 12.1. The molecule has 0 aliphatic carbocycles. The Bertz CT molecular complexity index is 659. The summed E-state index contributed by atoms with van der Waals surface area (Å²) in [6, 6.07) is 5.07. The van der Waals surface area contributed by atoms with Gasteiger partial charge in [-0.3, -0.25) is 10.1 Å². The lowest BCUT2D eigenvalue weighted by Gasteiger charge is -2.29. The zero-order chi connectivity index (χ0) is 17.2. The molecule has 0 bridgehead atoms. The maximum absolute atomic E-state index is 12.1. The number of rotatable bonds is 2. The second-order valence-electron chi connectivity index (χ2n) is 6.63. The number of nitro groups is 1. The molecule has 1 aromatic carbocycles. The summed E-state index contributed by atoms with van der Waals surface area (Å²) in [6.07, 6.45) is 2.10. The average molecular weight is 318 g/mol. The molecule has 0 aromatic heterocycles. The van der Waals surface area contributed by atoms with Crippen LogP contribution in [0.1, 0.15) is 38.3 Å². The lowest BCUT2D eigenvalue weighted by molar-refractivity contribution is -0.385. The molecule has 6 nitrogen and oxygen atoms in total. The topological polar surface area (TPSA) is 72.7 Å². The molecular formula is C17H22N2O4. The quantitative estimate of drug-likeness (QED) is 0.612. The third kappa shape index (κ3) is 4.09. The van der Waals surface area contributed by atoms with Crippen molar-refractivity contribution in [1.29, 1.82) is 0 Å². The van der Waals surface area contributed by atoms with Crippen LogP contribution in [0.2, 0.25) is 0 Å². The first-order chi connectivity index (χ1) is 10.7. The van der Waals surface area contributed by atoms with E-state index < -0.39 is 5.60 Å². The fraction of sp³-hybridized carbons (Fsp3) is 0.471. The average Bonchev–Trinajstić information content (AvgIpc) is 2.45. The van der Waals surface area contributed by atoms with Crippen molar-refractivity contribution in [2.75, 3.05) is 13.1 Å². The van der Waals surface area contributed by atoms with Crippen molar-refractivity contribution in [1.82, 2.24) is 4.90 Å². The Hall–Kier alpha value is -2.37. The van der Waals surface area contributed by atoms with Crippen molar-refractivity contribution in [3.63, 3.8) is 0 Å². The number of hydrogen-bond acceptors (Lipinski definition) is 4. The summed E-state index contributed by atoms with van der Waals surface area (Å²) >= 11 is 0. The Labute approximate surface area is 135 Å². The Kier molecular flexibility index (Phi) is 4.73. The summed E-state index contributed by atoms with van der Waals surface area (Å²) < 4.78 is 5.35. The van der Waals surface area contributed by atoms with Gasteiger partial charge in [-0.2, -0.15) is 0 Å². The molecule has 1 heterocycles. The van der Waals surface area contributed by atoms with Gasteiger partial charge in [-0.1, -0.05) is 18.2 Å². The lowest BCUT2D eigenvalue weighted by Crippen LogP contribution is -2.39. The van der Waals surface area contributed by atoms with E-state index in [4.69, 9.17) is 4.74 Å². The van der Waals surface area contributed by atoms with E-state index in [1.54, 1.807) is 11.0 Å². The third-order valence-corrected chi connectivity index (χ3v) is 3.63. The molecule has 23 heavy (non-hydrogen) atoms. The lowest BCUT2D eigenvalue weighted by atomic mass is 9.94. The smallest absolute Gasteiger partial charge is 0.410 e. The van der Waals surface area contributed by atoms with Gasteiger partial charge in [0.25, 0.3) is 5.69 Å². The SMILES string of the molecule is Cc1cccc([N+](=O)[O-])c1C1=CCN(C(=O)OC(C)(C)C)CC1. The van der Waals surface area contributed by atoms with E-state index >= 15 is 0 Å². The number of hydrogen-bond donors (Lipinski definition) is 0. The van der Waals surface area contributed by atoms with E-state index in [0.29, 0.717) is 25.1 Å². The van der Waals surface area contributed by atoms with Crippen LogP contribution in [0.3, 0.4) is 0 Å². The highest BCUT2D eigenvalue weighted by molar-refractivity contribution is 5.78. The molecule has 1 aliphatic heterocycles. The number of nitrogens with zero attached hydrogens (tertiary/aromatic N) is 2. The highest BCUT2D eigenvalue weighted by atomic mass is 16.6. The van der Waals surface area contributed by atoms with Crippen molar-refractivity contribution in [3.8, 4) is 0 Å². The molecule has 124 valence electrons. The minimum absolute atomic E-state index is 0.113. The van der Waals surface area contributed by atoms with E-state index in [1.807, 2.05) is 39.8 Å². The summed E-state index contributed by atoms with van der Waals surface area (Å²) in [5.74, 6) is 0. The van der Waals surface area contributed by atoms with Gasteiger partial charge in [-0.05, 0) is 45.3 Å². The van der Waals surface area contributed by atoms with Gasteiger partial charge < -0.3 is 9.64 Å². The van der Waals surface area contributed by atoms with Crippen molar-refractivity contribution in [2.45, 2.75) is 39.7 Å². The second-order valence-corrected chi connectivity index (χ2v) is 6.63. The normalized spacial score (nSPS) is 15.1. The second kappa shape index (κ2) is 6.40. The van der Waals surface area contributed by atoms with Crippen LogP contribution in [0.5, 0.6) is 0 Å². The fourth-order valence-corrected chi connectivity index (χ4v) is 2.61. The first kappa shape index (κ1) is 17.0. The molecule has 0 unspecified atom stereocenters. The molecule has 0 saturated carbocycles. The number of aryl methyl sites for hydroxylation is 1. The number of benzene rings is 1. The Morgan fingerprint density at radius 3 is 2.57 bits per heavy atom. The van der Waals surface area contributed by atoms with Crippen molar-refractivity contribution in [2.24, 2.45) is 0 Å². The van der Waals surface area contributed by atoms with Crippen LogP contribution in [0.25, 0.3) is 5.57 Å². The van der Waals surface area contributed by atoms with Crippen molar-refractivity contribution >= 4 is 17.4 Å². The number of carbonyl (C=O) groups excluding carboxylic acids is 1. The van der Waals surface area contributed by atoms with Crippen LogP contribution in [0.4, 0.5) is 10.5 Å². The van der Waals surface area contributed by atoms with E-state index in [-0.39, 0.29) is 16.7 Å². The molecule has 1 aliphatic rings. The predicted molar refractivity (Wildman–Crippen MR) is 88.2 cm³/mol. The first-order valence-electron chi connectivity index (χ1n) is 7.60. The third-order valence-electron chi connectivity index (χ3n) is 3.63. The Balaban J connectivity index is 2.20. The van der Waals surface area contributed by atoms with Crippen LogP contribution in [-0.4, -0.2) is 34.6 Å². The molecule has 0 saturated heterocycles. The van der Waals surface area contributed by atoms with E-state index in [9.17, 15) is 14.9 Å². The van der Waals surface area contributed by atoms with E-state index in [1.165, 1.54) is 6.07 Å². The molecule has 0 atom stereocenters. The van der Waals surface area contributed by atoms with Crippen molar-refractivity contribution in [3.05, 3.63) is 45.5 Å². The van der Waals surface area contributed by atoms with Crippen LogP contribution >= 0.6 is 0 Å². The molecule has 6 heteroatoms. The minimum atomic E-state index is -0.532. The number of nitro benzene ring substituents is 1. The molecule has 1 aromatic rings. The largest absolute Gasteiger partial charge is 0.444 e. The molecular weight excluding hydrogens is 296 g/mol. The number of amides is 1. The van der Waals surface area contributed by atoms with Gasteiger partial charge in [0.05, 0.1) is 10.5 Å². The number of carbonyl (C=O) groups is 1. The van der Waals surface area contributed by atoms with Crippen LogP contribution in [0, 0.1) is 17.0 Å². The zero-order valence-corrected chi connectivity index (χ0v) is 14.0. The van der Waals surface area contributed by atoms with Gasteiger partial charge in [-0.25, -0.2) is 4.79 Å². The zero-order valence-electron chi connectivity index (χ0n) is 14.0. The van der Waals surface area contributed by atoms with Crippen LogP contribution in [-0.2, 0) is 4.74 Å². The molecule has 0 N–H and O–H groups in total. The van der Waals surface area contributed by atoms with Gasteiger partial charge in [-0.15, -0.1) is 0 Å². The summed E-state index contributed by atoms with van der Waals surface area (Å²) in [4.78, 5) is 24.6. The monoisotopic (exact) mass is 318 g/mol. The predicted octanol–water partition coefficient (Wildman–Crippen LogP) is 3.93. The summed E-state index contributed by atoms with van der Waals surface area (Å²) in [7, 11) is 0. The Morgan fingerprint density at radius 1 is 1.35 bits per heavy atom. The summed E-state index contributed by atoms with van der Waals surface area (Å²) in [5.41, 5.74) is 2.03.